The van der Waals surface area contributed by atoms with E-state index in [1.54, 1.807) is 31.2 Å². The first kappa shape index (κ1) is 18.0. The summed E-state index contributed by atoms with van der Waals surface area (Å²) < 4.78 is 11.0. The van der Waals surface area contributed by atoms with Crippen LogP contribution < -0.4 is 9.47 Å². The molecular formula is C18H17NO6. The van der Waals surface area contributed by atoms with Gasteiger partial charge in [0.25, 0.3) is 5.69 Å². The van der Waals surface area contributed by atoms with Gasteiger partial charge in [0.1, 0.15) is 18.1 Å². The van der Waals surface area contributed by atoms with Crippen LogP contribution in [0.25, 0.3) is 6.08 Å². The van der Waals surface area contributed by atoms with Crippen molar-refractivity contribution in [3.63, 3.8) is 0 Å². The van der Waals surface area contributed by atoms with Crippen LogP contribution in [0.4, 0.5) is 5.69 Å². The van der Waals surface area contributed by atoms with Gasteiger partial charge in [0.15, 0.2) is 0 Å². The Morgan fingerprint density at radius 3 is 2.64 bits per heavy atom. The molecule has 2 rings (SSSR count). The fourth-order valence-electron chi connectivity index (χ4n) is 2.27. The number of hydrogen-bond donors (Lipinski definition) is 1. The zero-order valence-corrected chi connectivity index (χ0v) is 13.8. The largest absolute Gasteiger partial charge is 0.496 e. The lowest BCUT2D eigenvalue weighted by Gasteiger charge is -2.11. The standard InChI is InChI=1S/C18H17NO6/c1-12-9-15(5-6-16(12)19(22)23)25-11-14-10-13(4-8-18(20)21)3-7-17(14)24-2/h3-10H,11H2,1-2H3,(H,20,21)/b8-4+. The zero-order chi connectivity index (χ0) is 18.4. The first-order chi connectivity index (χ1) is 11.9. The monoisotopic (exact) mass is 343 g/mol. The highest BCUT2D eigenvalue weighted by molar-refractivity contribution is 5.85. The third-order valence-corrected chi connectivity index (χ3v) is 3.48. The van der Waals surface area contributed by atoms with Gasteiger partial charge in [0.2, 0.25) is 0 Å². The summed E-state index contributed by atoms with van der Waals surface area (Å²) in [5.41, 5.74) is 1.96. The molecule has 0 amide bonds. The van der Waals surface area contributed by atoms with Crippen LogP contribution in [0.2, 0.25) is 0 Å². The Balaban J connectivity index is 2.18. The lowest BCUT2D eigenvalue weighted by Crippen LogP contribution is -2.00. The van der Waals surface area contributed by atoms with E-state index in [4.69, 9.17) is 14.6 Å². The highest BCUT2D eigenvalue weighted by atomic mass is 16.6. The number of benzene rings is 2. The second kappa shape index (κ2) is 7.96. The molecule has 0 aliphatic heterocycles. The van der Waals surface area contributed by atoms with Gasteiger partial charge < -0.3 is 14.6 Å². The molecule has 0 saturated heterocycles. The van der Waals surface area contributed by atoms with Gasteiger partial charge in [-0.2, -0.15) is 0 Å². The lowest BCUT2D eigenvalue weighted by molar-refractivity contribution is -0.385. The Labute approximate surface area is 144 Å². The normalized spacial score (nSPS) is 10.6. The molecule has 0 aliphatic carbocycles. The van der Waals surface area contributed by atoms with E-state index in [1.165, 1.54) is 25.3 Å². The van der Waals surface area contributed by atoms with Crippen LogP contribution in [-0.4, -0.2) is 23.1 Å². The summed E-state index contributed by atoms with van der Waals surface area (Å²) in [5, 5.41) is 19.5. The number of carboxylic acids is 1. The number of nitro groups is 1. The summed E-state index contributed by atoms with van der Waals surface area (Å²) in [6.07, 6.45) is 2.52. The van der Waals surface area contributed by atoms with E-state index < -0.39 is 10.9 Å². The molecule has 0 aliphatic rings. The van der Waals surface area contributed by atoms with Crippen molar-refractivity contribution < 1.29 is 24.3 Å². The third-order valence-electron chi connectivity index (χ3n) is 3.48. The topological polar surface area (TPSA) is 98.9 Å². The second-order valence-corrected chi connectivity index (χ2v) is 5.24. The predicted molar refractivity (Wildman–Crippen MR) is 91.8 cm³/mol. The van der Waals surface area contributed by atoms with Crippen molar-refractivity contribution >= 4 is 17.7 Å². The van der Waals surface area contributed by atoms with E-state index in [2.05, 4.69) is 0 Å². The van der Waals surface area contributed by atoms with Gasteiger partial charge in [0.05, 0.1) is 12.0 Å². The van der Waals surface area contributed by atoms with Crippen LogP contribution in [0.15, 0.2) is 42.5 Å². The molecule has 0 radical (unpaired) electrons. The number of aryl methyl sites for hydroxylation is 1. The van der Waals surface area contributed by atoms with Crippen molar-refractivity contribution in [1.82, 2.24) is 0 Å². The molecule has 7 heteroatoms. The van der Waals surface area contributed by atoms with E-state index in [9.17, 15) is 14.9 Å². The summed E-state index contributed by atoms with van der Waals surface area (Å²) in [6, 6.07) is 9.74. The van der Waals surface area contributed by atoms with Crippen molar-refractivity contribution in [3.8, 4) is 11.5 Å². The molecule has 0 heterocycles. The third kappa shape index (κ3) is 4.81. The quantitative estimate of drug-likeness (QED) is 0.468. The molecule has 0 spiro atoms. The minimum atomic E-state index is -1.03. The van der Waals surface area contributed by atoms with Gasteiger partial charge in [-0.15, -0.1) is 0 Å². The molecule has 1 N–H and O–H groups in total. The van der Waals surface area contributed by atoms with Crippen molar-refractivity contribution in [1.29, 1.82) is 0 Å². The molecule has 2 aromatic carbocycles. The van der Waals surface area contributed by atoms with E-state index in [0.717, 1.165) is 11.6 Å². The number of rotatable bonds is 7. The Morgan fingerprint density at radius 2 is 2.04 bits per heavy atom. The molecular weight excluding hydrogens is 326 g/mol. The second-order valence-electron chi connectivity index (χ2n) is 5.24. The Hall–Kier alpha value is -3.35. The molecule has 25 heavy (non-hydrogen) atoms. The van der Waals surface area contributed by atoms with Gasteiger partial charge in [0, 0.05) is 23.3 Å². The molecule has 0 atom stereocenters. The average Bonchev–Trinajstić information content (AvgIpc) is 2.57. The van der Waals surface area contributed by atoms with Crippen LogP contribution >= 0.6 is 0 Å². The van der Waals surface area contributed by atoms with Crippen LogP contribution in [0.3, 0.4) is 0 Å². The Kier molecular flexibility index (Phi) is 5.73. The summed E-state index contributed by atoms with van der Waals surface area (Å²) in [7, 11) is 1.53. The molecule has 0 bridgehead atoms. The first-order valence-corrected chi connectivity index (χ1v) is 7.36. The van der Waals surface area contributed by atoms with E-state index in [1.807, 2.05) is 0 Å². The Bertz CT molecular complexity index is 828. The molecule has 0 unspecified atom stereocenters. The van der Waals surface area contributed by atoms with E-state index >= 15 is 0 Å². The summed E-state index contributed by atoms with van der Waals surface area (Å²) >= 11 is 0. The zero-order valence-electron chi connectivity index (χ0n) is 13.8. The molecule has 2 aromatic rings. The molecule has 0 fully saturated rings. The number of hydrogen-bond acceptors (Lipinski definition) is 5. The highest BCUT2D eigenvalue weighted by Gasteiger charge is 2.11. The number of methoxy groups -OCH3 is 1. The number of nitro benzene ring substituents is 1. The van der Waals surface area contributed by atoms with Gasteiger partial charge in [-0.1, -0.05) is 6.07 Å². The summed E-state index contributed by atoms with van der Waals surface area (Å²) in [4.78, 5) is 21.0. The van der Waals surface area contributed by atoms with Crippen molar-refractivity contribution in [2.45, 2.75) is 13.5 Å². The molecule has 130 valence electrons. The van der Waals surface area contributed by atoms with E-state index in [0.29, 0.717) is 22.6 Å². The van der Waals surface area contributed by atoms with Gasteiger partial charge in [-0.25, -0.2) is 4.79 Å². The summed E-state index contributed by atoms with van der Waals surface area (Å²) in [6.45, 7) is 1.82. The van der Waals surface area contributed by atoms with Crippen molar-refractivity contribution in [2.75, 3.05) is 7.11 Å². The van der Waals surface area contributed by atoms with Gasteiger partial charge >= 0.3 is 5.97 Å². The van der Waals surface area contributed by atoms with Crippen molar-refractivity contribution in [3.05, 3.63) is 69.3 Å². The van der Waals surface area contributed by atoms with Crippen LogP contribution in [0, 0.1) is 17.0 Å². The summed E-state index contributed by atoms with van der Waals surface area (Å²) in [5.74, 6) is 0.0673. The van der Waals surface area contributed by atoms with Crippen LogP contribution in [0.1, 0.15) is 16.7 Å². The van der Waals surface area contributed by atoms with Crippen LogP contribution in [0.5, 0.6) is 11.5 Å². The predicted octanol–water partition coefficient (Wildman–Crippen LogP) is 3.59. The average molecular weight is 343 g/mol. The number of ether oxygens (including phenoxy) is 2. The van der Waals surface area contributed by atoms with Crippen LogP contribution in [-0.2, 0) is 11.4 Å². The molecule has 0 saturated carbocycles. The van der Waals surface area contributed by atoms with Gasteiger partial charge in [-0.05, 0) is 42.8 Å². The number of carboxylic acid groups (broad SMARTS) is 1. The molecule has 0 aromatic heterocycles. The number of carbonyl (C=O) groups is 1. The SMILES string of the molecule is COc1ccc(/C=C/C(=O)O)cc1COc1ccc([N+](=O)[O-])c(C)c1. The fraction of sp³-hybridized carbons (Fsp3) is 0.167. The fourth-order valence-corrected chi connectivity index (χ4v) is 2.27. The first-order valence-electron chi connectivity index (χ1n) is 7.36. The van der Waals surface area contributed by atoms with Gasteiger partial charge in [-0.3, -0.25) is 10.1 Å². The number of nitrogens with zero attached hydrogens (tertiary/aromatic N) is 1. The Morgan fingerprint density at radius 1 is 1.28 bits per heavy atom. The maximum absolute atomic E-state index is 10.8. The highest BCUT2D eigenvalue weighted by Crippen LogP contribution is 2.26. The number of aliphatic carboxylic acids is 1. The molecule has 7 nitrogen and oxygen atoms in total. The maximum atomic E-state index is 10.8. The van der Waals surface area contributed by atoms with Crippen molar-refractivity contribution in [2.24, 2.45) is 0 Å². The van der Waals surface area contributed by atoms with E-state index in [-0.39, 0.29) is 12.3 Å². The minimum absolute atomic E-state index is 0.0331. The smallest absolute Gasteiger partial charge is 0.328 e. The lowest BCUT2D eigenvalue weighted by atomic mass is 10.1. The minimum Gasteiger partial charge on any atom is -0.496 e. The maximum Gasteiger partial charge on any atom is 0.328 e.